The van der Waals surface area contributed by atoms with E-state index in [1.807, 2.05) is 25.1 Å². The third-order valence-electron chi connectivity index (χ3n) is 7.96. The molecule has 4 heterocycles. The Morgan fingerprint density at radius 1 is 1.00 bits per heavy atom. The fourth-order valence-electron chi connectivity index (χ4n) is 5.26. The van der Waals surface area contributed by atoms with Crippen LogP contribution in [0.5, 0.6) is 5.75 Å². The largest absolute Gasteiger partial charge is 0.487 e. The first kappa shape index (κ1) is 26.6. The number of aromatic nitrogens is 3. The molecule has 1 aliphatic carbocycles. The number of benzene rings is 1. The van der Waals surface area contributed by atoms with Gasteiger partial charge in [0.1, 0.15) is 22.8 Å². The first-order valence-corrected chi connectivity index (χ1v) is 15.3. The van der Waals surface area contributed by atoms with Gasteiger partial charge in [0, 0.05) is 49.5 Å². The molecule has 2 fully saturated rings. The molecule has 210 valence electrons. The van der Waals surface area contributed by atoms with Gasteiger partial charge in [-0.2, -0.15) is 0 Å². The van der Waals surface area contributed by atoms with E-state index in [1.54, 1.807) is 4.90 Å². The summed E-state index contributed by atoms with van der Waals surface area (Å²) in [5.74, 6) is 0.305. The first-order valence-electron chi connectivity index (χ1n) is 13.5. The molecule has 0 unspecified atom stereocenters. The number of fused-ring (bicyclic) bond motifs is 1. The van der Waals surface area contributed by atoms with Gasteiger partial charge in [0.2, 0.25) is 0 Å². The van der Waals surface area contributed by atoms with E-state index in [0.717, 1.165) is 61.6 Å². The van der Waals surface area contributed by atoms with Crippen molar-refractivity contribution in [1.82, 2.24) is 19.9 Å². The highest BCUT2D eigenvalue weighted by atomic mass is 32.2. The number of sulfone groups is 1. The molecule has 1 spiro atoms. The molecule has 3 aromatic rings. The number of piperidine rings is 1. The van der Waals surface area contributed by atoms with E-state index in [2.05, 4.69) is 15.0 Å². The summed E-state index contributed by atoms with van der Waals surface area (Å²) in [6.07, 6.45) is 8.95. The Morgan fingerprint density at radius 3 is 2.42 bits per heavy atom. The zero-order valence-corrected chi connectivity index (χ0v) is 23.1. The number of hydrogen-bond acceptors (Lipinski definition) is 8. The normalized spacial score (nSPS) is 19.0. The molecule has 11 heteroatoms. The standard InChI is InChI=1S/C29H31FN4O5S/c1-28(8-9-28)39-27(35)34-12-10-29(11-13-34)7-6-21-14-22(2-5-25(21)38-29)26-32-15-20(16-33-26)18-40(36,37)19-24-4-3-23(30)17-31-24/h2-5,14-17H,6-13,18-19H2,1H3. The molecule has 1 amide bonds. The average molecular weight is 567 g/mol. The Hall–Kier alpha value is -3.60. The summed E-state index contributed by atoms with van der Waals surface area (Å²) in [4.78, 5) is 26.9. The van der Waals surface area contributed by atoms with Crippen molar-refractivity contribution in [3.8, 4) is 17.1 Å². The van der Waals surface area contributed by atoms with Gasteiger partial charge in [-0.1, -0.05) is 0 Å². The van der Waals surface area contributed by atoms with Gasteiger partial charge < -0.3 is 14.4 Å². The fraction of sp³-hybridized carbons (Fsp3) is 0.448. The minimum absolute atomic E-state index is 0.218. The molecule has 1 saturated carbocycles. The second-order valence-electron chi connectivity index (χ2n) is 11.3. The lowest BCUT2D eigenvalue weighted by Gasteiger charge is -2.44. The Bertz CT molecular complexity index is 1520. The summed E-state index contributed by atoms with van der Waals surface area (Å²) in [6, 6.07) is 8.43. The Morgan fingerprint density at radius 2 is 1.75 bits per heavy atom. The van der Waals surface area contributed by atoms with Crippen LogP contribution in [0.3, 0.4) is 0 Å². The van der Waals surface area contributed by atoms with Crippen LogP contribution in [-0.4, -0.2) is 58.7 Å². The van der Waals surface area contributed by atoms with Gasteiger partial charge >= 0.3 is 6.09 Å². The van der Waals surface area contributed by atoms with Crippen LogP contribution in [-0.2, 0) is 32.5 Å². The van der Waals surface area contributed by atoms with E-state index < -0.39 is 15.7 Å². The van der Waals surface area contributed by atoms with Crippen molar-refractivity contribution in [3.63, 3.8) is 0 Å². The van der Waals surface area contributed by atoms with E-state index in [0.29, 0.717) is 24.5 Å². The van der Waals surface area contributed by atoms with Gasteiger partial charge in [-0.3, -0.25) is 4.98 Å². The molecule has 6 rings (SSSR count). The van der Waals surface area contributed by atoms with Crippen molar-refractivity contribution < 1.29 is 27.1 Å². The zero-order valence-electron chi connectivity index (χ0n) is 22.3. The summed E-state index contributed by atoms with van der Waals surface area (Å²) in [5, 5.41) is 0. The number of halogens is 1. The van der Waals surface area contributed by atoms with E-state index in [-0.39, 0.29) is 34.5 Å². The number of pyridine rings is 1. The molecular formula is C29H31FN4O5S. The summed E-state index contributed by atoms with van der Waals surface area (Å²) >= 11 is 0. The lowest BCUT2D eigenvalue weighted by Crippen LogP contribution is -2.51. The third kappa shape index (κ3) is 5.94. The van der Waals surface area contributed by atoms with Gasteiger partial charge in [0.25, 0.3) is 0 Å². The number of carbonyl (C=O) groups excluding carboxylic acids is 1. The van der Waals surface area contributed by atoms with Crippen LogP contribution >= 0.6 is 0 Å². The number of carbonyl (C=O) groups is 1. The molecule has 40 heavy (non-hydrogen) atoms. The predicted octanol–water partition coefficient (Wildman–Crippen LogP) is 4.64. The van der Waals surface area contributed by atoms with Crippen molar-refractivity contribution in [3.05, 3.63) is 71.6 Å². The predicted molar refractivity (Wildman–Crippen MR) is 145 cm³/mol. The van der Waals surface area contributed by atoms with Crippen LogP contribution in [0.2, 0.25) is 0 Å². The Kier molecular flexibility index (Phi) is 6.72. The lowest BCUT2D eigenvalue weighted by molar-refractivity contribution is -0.0201. The van der Waals surface area contributed by atoms with Crippen LogP contribution in [0.1, 0.15) is 55.8 Å². The van der Waals surface area contributed by atoms with Gasteiger partial charge in [0.05, 0.1) is 23.4 Å². The second kappa shape index (κ2) is 10.1. The van der Waals surface area contributed by atoms with Gasteiger partial charge in [-0.25, -0.2) is 27.6 Å². The molecule has 1 aromatic carbocycles. The maximum Gasteiger partial charge on any atom is 0.410 e. The highest BCUT2D eigenvalue weighted by Crippen LogP contribution is 2.42. The van der Waals surface area contributed by atoms with Crippen LogP contribution in [0.15, 0.2) is 48.9 Å². The van der Waals surface area contributed by atoms with Crippen LogP contribution in [0, 0.1) is 5.82 Å². The number of aryl methyl sites for hydroxylation is 1. The molecule has 0 N–H and O–H groups in total. The van der Waals surface area contributed by atoms with Crippen molar-refractivity contribution in [2.75, 3.05) is 13.1 Å². The second-order valence-corrected chi connectivity index (χ2v) is 13.4. The van der Waals surface area contributed by atoms with Gasteiger partial charge in [-0.15, -0.1) is 0 Å². The molecule has 1 saturated heterocycles. The van der Waals surface area contributed by atoms with E-state index in [1.165, 1.54) is 24.5 Å². The molecule has 3 aliphatic rings. The van der Waals surface area contributed by atoms with E-state index in [9.17, 15) is 17.6 Å². The van der Waals surface area contributed by atoms with E-state index >= 15 is 0 Å². The van der Waals surface area contributed by atoms with Gasteiger partial charge in [-0.05, 0) is 68.5 Å². The maximum absolute atomic E-state index is 13.1. The molecule has 9 nitrogen and oxygen atoms in total. The van der Waals surface area contributed by atoms with Crippen molar-refractivity contribution >= 4 is 15.9 Å². The number of amides is 1. The van der Waals surface area contributed by atoms with Crippen molar-refractivity contribution in [2.45, 2.75) is 68.2 Å². The summed E-state index contributed by atoms with van der Waals surface area (Å²) in [5.41, 5.74) is 2.11. The minimum Gasteiger partial charge on any atom is -0.487 e. The number of rotatable bonds is 6. The first-order chi connectivity index (χ1) is 19.1. The average Bonchev–Trinajstić information content (AvgIpc) is 3.66. The monoisotopic (exact) mass is 566 g/mol. The summed E-state index contributed by atoms with van der Waals surface area (Å²) < 4.78 is 50.3. The molecule has 2 aliphatic heterocycles. The van der Waals surface area contributed by atoms with Crippen molar-refractivity contribution in [2.24, 2.45) is 0 Å². The van der Waals surface area contributed by atoms with Crippen molar-refractivity contribution in [1.29, 1.82) is 0 Å². The molecule has 2 aromatic heterocycles. The third-order valence-corrected chi connectivity index (χ3v) is 9.47. The number of nitrogens with zero attached hydrogens (tertiary/aromatic N) is 4. The fourth-order valence-corrected chi connectivity index (χ4v) is 6.64. The SMILES string of the molecule is CC1(OC(=O)N2CCC3(CCc4cc(-c5ncc(CS(=O)(=O)Cc6ccc(F)cn6)cn5)ccc4O3)CC2)CC1. The van der Waals surface area contributed by atoms with E-state index in [4.69, 9.17) is 9.47 Å². The molecule has 0 radical (unpaired) electrons. The van der Waals surface area contributed by atoms with Gasteiger partial charge in [0.15, 0.2) is 15.7 Å². The highest BCUT2D eigenvalue weighted by molar-refractivity contribution is 7.89. The topological polar surface area (TPSA) is 112 Å². The quantitative estimate of drug-likeness (QED) is 0.424. The number of hydrogen-bond donors (Lipinski definition) is 0. The molecular weight excluding hydrogens is 535 g/mol. The summed E-state index contributed by atoms with van der Waals surface area (Å²) in [7, 11) is -3.53. The zero-order chi connectivity index (χ0) is 28.0. The number of likely N-dealkylation sites (tertiary alicyclic amines) is 1. The Labute approximate surface area is 232 Å². The summed E-state index contributed by atoms with van der Waals surface area (Å²) in [6.45, 7) is 3.23. The molecule has 0 bridgehead atoms. The number of ether oxygens (including phenoxy) is 2. The Balaban J connectivity index is 1.07. The van der Waals surface area contributed by atoms with Crippen LogP contribution in [0.25, 0.3) is 11.4 Å². The smallest absolute Gasteiger partial charge is 0.410 e. The maximum atomic E-state index is 13.1. The van der Waals surface area contributed by atoms with Crippen LogP contribution < -0.4 is 4.74 Å². The minimum atomic E-state index is -3.53. The van der Waals surface area contributed by atoms with Crippen LogP contribution in [0.4, 0.5) is 9.18 Å². The highest BCUT2D eigenvalue weighted by Gasteiger charge is 2.45. The molecule has 0 atom stereocenters. The lowest BCUT2D eigenvalue weighted by atomic mass is 9.83.